The van der Waals surface area contributed by atoms with Gasteiger partial charge in [-0.15, -0.1) is 0 Å². The van der Waals surface area contributed by atoms with Crippen molar-refractivity contribution in [1.82, 2.24) is 0 Å². The second-order valence-electron chi connectivity index (χ2n) is 5.70. The van der Waals surface area contributed by atoms with E-state index in [0.717, 1.165) is 0 Å². The average Bonchev–Trinajstić information content (AvgIpc) is 2.53. The lowest BCUT2D eigenvalue weighted by Gasteiger charge is -2.31. The molecule has 0 N–H and O–H groups in total. The van der Waals surface area contributed by atoms with Crippen molar-refractivity contribution >= 4 is 55.8 Å². The van der Waals surface area contributed by atoms with Crippen molar-refractivity contribution in [2.75, 3.05) is 19.8 Å². The number of rotatable bonds is 10. The van der Waals surface area contributed by atoms with Gasteiger partial charge in [-0.2, -0.15) is 37.9 Å². The summed E-state index contributed by atoms with van der Waals surface area (Å²) >= 11 is 12.0. The zero-order valence-electron chi connectivity index (χ0n) is 14.4. The lowest BCUT2D eigenvalue weighted by atomic mass is 9.88. The van der Waals surface area contributed by atoms with Crippen LogP contribution in [0.25, 0.3) is 0 Å². The first-order valence-corrected chi connectivity index (χ1v) is 9.13. The van der Waals surface area contributed by atoms with E-state index in [4.69, 9.17) is 14.2 Å². The minimum absolute atomic E-state index is 0.0598. The highest BCUT2D eigenvalue weighted by Gasteiger charge is 2.35. The Labute approximate surface area is 159 Å². The van der Waals surface area contributed by atoms with Crippen molar-refractivity contribution in [1.29, 1.82) is 0 Å². The van der Waals surface area contributed by atoms with Crippen molar-refractivity contribution in [3.63, 3.8) is 0 Å². The van der Waals surface area contributed by atoms with Crippen LogP contribution in [0.3, 0.4) is 0 Å². The summed E-state index contributed by atoms with van der Waals surface area (Å²) in [6.07, 6.45) is 0.462. The first-order chi connectivity index (χ1) is 11.0. The van der Waals surface area contributed by atoms with Crippen LogP contribution in [0.4, 0.5) is 0 Å². The van der Waals surface area contributed by atoms with Crippen LogP contribution in [0.2, 0.25) is 0 Å². The molecule has 24 heavy (non-hydrogen) atoms. The SMILES string of the molecule is CCC(COC(=O)C(C)S)(COC(=O)C(C)S)COC(=O)C(C)S. The molecule has 9 heteroatoms. The maximum absolute atomic E-state index is 11.7. The van der Waals surface area contributed by atoms with Crippen molar-refractivity contribution in [2.24, 2.45) is 5.41 Å². The summed E-state index contributed by atoms with van der Waals surface area (Å²) in [6.45, 7) is 6.41. The predicted octanol–water partition coefficient (Wildman–Crippen LogP) is 1.97. The van der Waals surface area contributed by atoms with E-state index in [1.165, 1.54) is 0 Å². The van der Waals surface area contributed by atoms with E-state index in [-0.39, 0.29) is 19.8 Å². The van der Waals surface area contributed by atoms with Crippen molar-refractivity contribution < 1.29 is 28.6 Å². The van der Waals surface area contributed by atoms with Gasteiger partial charge in [0.25, 0.3) is 0 Å². The topological polar surface area (TPSA) is 78.9 Å². The normalized spacial score (nSPS) is 17.1. The van der Waals surface area contributed by atoms with Crippen LogP contribution in [0.15, 0.2) is 0 Å². The molecule has 0 saturated heterocycles. The molecular weight excluding hydrogens is 372 g/mol. The van der Waals surface area contributed by atoms with E-state index in [9.17, 15) is 14.4 Å². The number of hydrogen-bond donors (Lipinski definition) is 3. The summed E-state index contributed by atoms with van der Waals surface area (Å²) in [7, 11) is 0. The van der Waals surface area contributed by atoms with Crippen LogP contribution in [-0.2, 0) is 28.6 Å². The van der Waals surface area contributed by atoms with Gasteiger partial charge in [-0.1, -0.05) is 6.92 Å². The molecule has 0 bridgehead atoms. The van der Waals surface area contributed by atoms with E-state index in [1.54, 1.807) is 20.8 Å². The summed E-state index contributed by atoms with van der Waals surface area (Å²) < 4.78 is 15.6. The molecular formula is C15H26O6S3. The standard InChI is InChI=1S/C15H26O6S3/c1-5-15(6-19-12(16)9(2)22,7-20-13(17)10(3)23)8-21-14(18)11(4)24/h9-11,22-24H,5-8H2,1-4H3. The van der Waals surface area contributed by atoms with Gasteiger partial charge in [0, 0.05) is 0 Å². The fraction of sp³-hybridized carbons (Fsp3) is 0.800. The Hall–Kier alpha value is -0.540. The van der Waals surface area contributed by atoms with E-state index in [1.807, 2.05) is 6.92 Å². The largest absolute Gasteiger partial charge is 0.464 e. The molecule has 3 unspecified atom stereocenters. The van der Waals surface area contributed by atoms with Crippen molar-refractivity contribution in [2.45, 2.75) is 49.9 Å². The van der Waals surface area contributed by atoms with E-state index < -0.39 is 39.1 Å². The van der Waals surface area contributed by atoms with Gasteiger partial charge in [-0.3, -0.25) is 14.4 Å². The highest BCUT2D eigenvalue weighted by Crippen LogP contribution is 2.25. The number of ether oxygens (including phenoxy) is 3. The molecule has 0 spiro atoms. The van der Waals surface area contributed by atoms with Gasteiger partial charge in [0.05, 0.1) is 21.2 Å². The molecule has 0 aromatic heterocycles. The number of thiol groups is 3. The lowest BCUT2D eigenvalue weighted by molar-refractivity contribution is -0.161. The summed E-state index contributed by atoms with van der Waals surface area (Å²) in [6, 6.07) is 0. The number of hydrogen-bond acceptors (Lipinski definition) is 9. The number of carbonyl (C=O) groups excluding carboxylic acids is 3. The Kier molecular flexibility index (Phi) is 10.9. The predicted molar refractivity (Wildman–Crippen MR) is 101 cm³/mol. The van der Waals surface area contributed by atoms with Crippen LogP contribution in [0.5, 0.6) is 0 Å². The molecule has 3 atom stereocenters. The van der Waals surface area contributed by atoms with Crippen LogP contribution in [0, 0.1) is 5.41 Å². The summed E-state index contributed by atoms with van der Waals surface area (Å²) in [5, 5.41) is -1.75. The maximum Gasteiger partial charge on any atom is 0.318 e. The zero-order chi connectivity index (χ0) is 18.9. The lowest BCUT2D eigenvalue weighted by Crippen LogP contribution is -2.40. The first-order valence-electron chi connectivity index (χ1n) is 7.58. The van der Waals surface area contributed by atoms with Crippen LogP contribution in [-0.4, -0.2) is 53.5 Å². The fourth-order valence-electron chi connectivity index (χ4n) is 1.47. The third-order valence-electron chi connectivity index (χ3n) is 3.34. The molecule has 0 aliphatic rings. The molecule has 0 aliphatic carbocycles. The maximum atomic E-state index is 11.7. The number of carbonyl (C=O) groups is 3. The van der Waals surface area contributed by atoms with Gasteiger partial charge in [-0.05, 0) is 27.2 Å². The van der Waals surface area contributed by atoms with Crippen LogP contribution in [0.1, 0.15) is 34.1 Å². The average molecular weight is 399 g/mol. The third kappa shape index (κ3) is 8.53. The molecule has 0 radical (unpaired) electrons. The zero-order valence-corrected chi connectivity index (χ0v) is 17.0. The van der Waals surface area contributed by atoms with Crippen molar-refractivity contribution in [3.05, 3.63) is 0 Å². The van der Waals surface area contributed by atoms with Crippen LogP contribution >= 0.6 is 37.9 Å². The smallest absolute Gasteiger partial charge is 0.318 e. The molecule has 0 amide bonds. The second-order valence-corrected chi connectivity index (χ2v) is 8.03. The van der Waals surface area contributed by atoms with E-state index >= 15 is 0 Å². The Balaban J connectivity index is 5.01. The van der Waals surface area contributed by atoms with Crippen LogP contribution < -0.4 is 0 Å². The Morgan fingerprint density at radius 2 is 1.00 bits per heavy atom. The molecule has 0 aromatic carbocycles. The van der Waals surface area contributed by atoms with Gasteiger partial charge in [0.15, 0.2) is 0 Å². The van der Waals surface area contributed by atoms with Gasteiger partial charge >= 0.3 is 17.9 Å². The Bertz CT molecular complexity index is 377. The van der Waals surface area contributed by atoms with Gasteiger partial charge < -0.3 is 14.2 Å². The van der Waals surface area contributed by atoms with Gasteiger partial charge in [-0.25, -0.2) is 0 Å². The number of esters is 3. The Morgan fingerprint density at radius 1 is 0.750 bits per heavy atom. The Morgan fingerprint density at radius 3 is 1.17 bits per heavy atom. The first kappa shape index (κ1) is 23.5. The second kappa shape index (κ2) is 11.1. The highest BCUT2D eigenvalue weighted by molar-refractivity contribution is 7.82. The monoisotopic (exact) mass is 398 g/mol. The third-order valence-corrected chi connectivity index (χ3v) is 3.97. The van der Waals surface area contributed by atoms with Gasteiger partial charge in [0.2, 0.25) is 0 Å². The molecule has 0 rings (SSSR count). The highest BCUT2D eigenvalue weighted by atomic mass is 32.1. The minimum atomic E-state index is -0.838. The molecule has 6 nitrogen and oxygen atoms in total. The molecule has 0 aromatic rings. The minimum Gasteiger partial charge on any atom is -0.464 e. The quantitative estimate of drug-likeness (QED) is 0.297. The van der Waals surface area contributed by atoms with E-state index in [2.05, 4.69) is 37.9 Å². The van der Waals surface area contributed by atoms with Crippen molar-refractivity contribution in [3.8, 4) is 0 Å². The molecule has 0 heterocycles. The van der Waals surface area contributed by atoms with E-state index in [0.29, 0.717) is 6.42 Å². The molecule has 0 fully saturated rings. The van der Waals surface area contributed by atoms with Gasteiger partial charge in [0.1, 0.15) is 19.8 Å². The molecule has 0 aliphatic heterocycles. The fourth-order valence-corrected chi connectivity index (χ4v) is 1.69. The summed E-state index contributed by atoms with van der Waals surface area (Å²) in [5.41, 5.74) is -0.838. The molecule has 0 saturated carbocycles. The summed E-state index contributed by atoms with van der Waals surface area (Å²) in [5.74, 6) is -1.50. The summed E-state index contributed by atoms with van der Waals surface area (Å²) in [4.78, 5) is 35.0. The molecule has 140 valence electrons.